The van der Waals surface area contributed by atoms with Crippen molar-refractivity contribution in [1.82, 2.24) is 10.2 Å². The molecule has 1 aromatic carbocycles. The van der Waals surface area contributed by atoms with Crippen LogP contribution in [0, 0.1) is 6.92 Å². The Hall–Kier alpha value is -0.980. The maximum atomic E-state index is 5.90. The van der Waals surface area contributed by atoms with Crippen LogP contribution >= 0.6 is 24.0 Å². The van der Waals surface area contributed by atoms with Gasteiger partial charge in [0.15, 0.2) is 5.96 Å². The molecule has 0 bridgehead atoms. The Balaban J connectivity index is 0.00000180. The molecule has 0 amide bonds. The monoisotopic (exact) mass is 375 g/mol. The zero-order valence-corrected chi connectivity index (χ0v) is 14.0. The number of benzene rings is 1. The zero-order valence-electron chi connectivity index (χ0n) is 11.7. The van der Waals surface area contributed by atoms with Crippen molar-refractivity contribution in [1.29, 1.82) is 0 Å². The fraction of sp³-hybridized carbons (Fsp3) is 0.500. The highest BCUT2D eigenvalue weighted by Gasteiger charge is 2.13. The minimum Gasteiger partial charge on any atom is -0.489 e. The summed E-state index contributed by atoms with van der Waals surface area (Å²) in [5.41, 5.74) is 1.17. The van der Waals surface area contributed by atoms with Crippen molar-refractivity contribution in [2.45, 2.75) is 20.0 Å². The first-order valence-electron chi connectivity index (χ1n) is 6.38. The Morgan fingerprint density at radius 1 is 1.42 bits per heavy atom. The second-order valence-electron chi connectivity index (χ2n) is 4.70. The zero-order chi connectivity index (χ0) is 13.0. The number of ether oxygens (including phenoxy) is 1. The van der Waals surface area contributed by atoms with Crippen molar-refractivity contribution in [3.63, 3.8) is 0 Å². The molecule has 0 aromatic heterocycles. The molecule has 0 spiro atoms. The van der Waals surface area contributed by atoms with E-state index >= 15 is 0 Å². The maximum absolute atomic E-state index is 5.90. The van der Waals surface area contributed by atoms with E-state index in [9.17, 15) is 0 Å². The molecule has 106 valence electrons. The summed E-state index contributed by atoms with van der Waals surface area (Å²) in [6.07, 6.45) is 0.114. The molecule has 1 aromatic rings. The average Bonchev–Trinajstić information content (AvgIpc) is 2.75. The van der Waals surface area contributed by atoms with E-state index in [1.807, 2.05) is 25.2 Å². The van der Waals surface area contributed by atoms with E-state index in [0.717, 1.165) is 31.3 Å². The lowest BCUT2D eigenvalue weighted by Gasteiger charge is -2.20. The maximum Gasteiger partial charge on any atom is 0.193 e. The first-order valence-corrected chi connectivity index (χ1v) is 6.38. The van der Waals surface area contributed by atoms with Crippen LogP contribution in [0.15, 0.2) is 29.3 Å². The lowest BCUT2D eigenvalue weighted by molar-refractivity contribution is 0.221. The Labute approximate surface area is 132 Å². The van der Waals surface area contributed by atoms with E-state index in [4.69, 9.17) is 4.74 Å². The van der Waals surface area contributed by atoms with Gasteiger partial charge in [-0.05, 0) is 25.5 Å². The van der Waals surface area contributed by atoms with E-state index in [1.54, 1.807) is 0 Å². The van der Waals surface area contributed by atoms with Crippen molar-refractivity contribution >= 4 is 29.9 Å². The Kier molecular flexibility index (Phi) is 6.41. The molecule has 1 aliphatic heterocycles. The van der Waals surface area contributed by atoms with Crippen LogP contribution in [0.2, 0.25) is 0 Å². The number of hydrogen-bond acceptors (Lipinski definition) is 4. The highest BCUT2D eigenvalue weighted by molar-refractivity contribution is 14.0. The average molecular weight is 375 g/mol. The van der Waals surface area contributed by atoms with Gasteiger partial charge in [-0.15, -0.1) is 24.0 Å². The van der Waals surface area contributed by atoms with Gasteiger partial charge in [-0.3, -0.25) is 4.99 Å². The molecule has 1 aliphatic rings. The van der Waals surface area contributed by atoms with E-state index in [0.29, 0.717) is 0 Å². The predicted molar refractivity (Wildman–Crippen MR) is 89.6 cm³/mol. The van der Waals surface area contributed by atoms with Gasteiger partial charge in [-0.2, -0.15) is 0 Å². The standard InChI is InChI=1S/C14H21N3O.HI/c1-11-6-4-5-7-13(11)18-12(2)10-16-14-15-8-9-17(14)3;/h4-7,12H,8-10H2,1-3H3,(H,15,16);1H. The Bertz CT molecular complexity index is 436. The van der Waals surface area contributed by atoms with Crippen molar-refractivity contribution in [3.8, 4) is 5.75 Å². The second-order valence-corrected chi connectivity index (χ2v) is 4.70. The molecule has 19 heavy (non-hydrogen) atoms. The number of nitrogens with zero attached hydrogens (tertiary/aromatic N) is 2. The summed E-state index contributed by atoms with van der Waals surface area (Å²) in [5.74, 6) is 1.92. The quantitative estimate of drug-likeness (QED) is 0.821. The predicted octanol–water partition coefficient (Wildman–Crippen LogP) is 2.27. The summed E-state index contributed by atoms with van der Waals surface area (Å²) < 4.78 is 5.90. The Morgan fingerprint density at radius 2 is 2.16 bits per heavy atom. The molecule has 0 fully saturated rings. The molecular weight excluding hydrogens is 353 g/mol. The van der Waals surface area contributed by atoms with Gasteiger partial charge in [0.1, 0.15) is 11.9 Å². The number of aliphatic imine (C=N–C) groups is 1. The molecule has 1 atom stereocenters. The molecule has 2 rings (SSSR count). The Morgan fingerprint density at radius 3 is 2.79 bits per heavy atom. The van der Waals surface area contributed by atoms with Crippen LogP contribution in [0.25, 0.3) is 0 Å². The largest absolute Gasteiger partial charge is 0.489 e. The number of halogens is 1. The van der Waals surface area contributed by atoms with Crippen molar-refractivity contribution < 1.29 is 4.74 Å². The third-order valence-corrected chi connectivity index (χ3v) is 3.03. The molecule has 1 N–H and O–H groups in total. The van der Waals surface area contributed by atoms with Gasteiger partial charge < -0.3 is 15.0 Å². The number of para-hydroxylation sites is 1. The molecule has 1 unspecified atom stereocenters. The lowest BCUT2D eigenvalue weighted by Crippen LogP contribution is -2.40. The minimum absolute atomic E-state index is 0. The number of aryl methyl sites for hydroxylation is 1. The SMILES string of the molecule is Cc1ccccc1OC(C)CNC1=NCCN1C.I. The minimum atomic E-state index is 0. The topological polar surface area (TPSA) is 36.9 Å². The van der Waals surface area contributed by atoms with Gasteiger partial charge in [-0.1, -0.05) is 18.2 Å². The lowest BCUT2D eigenvalue weighted by atomic mass is 10.2. The highest BCUT2D eigenvalue weighted by atomic mass is 127. The van der Waals surface area contributed by atoms with Crippen LogP contribution in [0.3, 0.4) is 0 Å². The summed E-state index contributed by atoms with van der Waals surface area (Å²) >= 11 is 0. The molecule has 0 aliphatic carbocycles. The van der Waals surface area contributed by atoms with Gasteiger partial charge in [0.2, 0.25) is 0 Å². The summed E-state index contributed by atoms with van der Waals surface area (Å²) in [5, 5.41) is 3.32. The van der Waals surface area contributed by atoms with E-state index in [-0.39, 0.29) is 30.1 Å². The molecule has 0 saturated carbocycles. The van der Waals surface area contributed by atoms with Crippen LogP contribution in [0.4, 0.5) is 0 Å². The highest BCUT2D eigenvalue weighted by Crippen LogP contribution is 2.17. The number of rotatable bonds is 4. The van der Waals surface area contributed by atoms with E-state index < -0.39 is 0 Å². The van der Waals surface area contributed by atoms with Crippen molar-refractivity contribution in [2.24, 2.45) is 4.99 Å². The molecular formula is C14H22IN3O. The number of likely N-dealkylation sites (N-methyl/N-ethyl adjacent to an activating group) is 1. The number of nitrogens with one attached hydrogen (secondary N) is 1. The van der Waals surface area contributed by atoms with Gasteiger partial charge in [0.25, 0.3) is 0 Å². The normalized spacial score (nSPS) is 15.5. The van der Waals surface area contributed by atoms with Gasteiger partial charge in [-0.25, -0.2) is 0 Å². The van der Waals surface area contributed by atoms with E-state index in [2.05, 4.69) is 35.1 Å². The van der Waals surface area contributed by atoms with Crippen LogP contribution in [0.5, 0.6) is 5.75 Å². The fourth-order valence-electron chi connectivity index (χ4n) is 1.91. The number of guanidine groups is 1. The summed E-state index contributed by atoms with van der Waals surface area (Å²) in [7, 11) is 2.05. The van der Waals surface area contributed by atoms with E-state index in [1.165, 1.54) is 5.56 Å². The van der Waals surface area contributed by atoms with Gasteiger partial charge >= 0.3 is 0 Å². The van der Waals surface area contributed by atoms with Crippen LogP contribution < -0.4 is 10.1 Å². The van der Waals surface area contributed by atoms with Crippen LogP contribution in [-0.4, -0.2) is 43.6 Å². The van der Waals surface area contributed by atoms with Crippen LogP contribution in [-0.2, 0) is 0 Å². The molecule has 0 radical (unpaired) electrons. The summed E-state index contributed by atoms with van der Waals surface area (Å²) in [4.78, 5) is 6.51. The van der Waals surface area contributed by atoms with Crippen LogP contribution in [0.1, 0.15) is 12.5 Å². The summed E-state index contributed by atoms with van der Waals surface area (Å²) in [6.45, 7) is 6.76. The first-order chi connectivity index (χ1) is 8.66. The smallest absolute Gasteiger partial charge is 0.193 e. The molecule has 1 heterocycles. The second kappa shape index (κ2) is 7.57. The fourth-order valence-corrected chi connectivity index (χ4v) is 1.91. The molecule has 0 saturated heterocycles. The van der Waals surface area contributed by atoms with Crippen molar-refractivity contribution in [3.05, 3.63) is 29.8 Å². The summed E-state index contributed by atoms with van der Waals surface area (Å²) in [6, 6.07) is 8.08. The number of hydrogen-bond donors (Lipinski definition) is 1. The molecule has 4 nitrogen and oxygen atoms in total. The molecule has 5 heteroatoms. The van der Waals surface area contributed by atoms with Gasteiger partial charge in [0, 0.05) is 13.6 Å². The van der Waals surface area contributed by atoms with Crippen molar-refractivity contribution in [2.75, 3.05) is 26.7 Å². The van der Waals surface area contributed by atoms with Gasteiger partial charge in [0.05, 0.1) is 13.1 Å². The third kappa shape index (κ3) is 4.56. The third-order valence-electron chi connectivity index (χ3n) is 3.03. The first kappa shape index (κ1) is 16.1.